The van der Waals surface area contributed by atoms with E-state index in [9.17, 15) is 19.8 Å². The number of carbonyl (C=O) groups excluding carboxylic acids is 1. The maximum absolute atomic E-state index is 12.2. The summed E-state index contributed by atoms with van der Waals surface area (Å²) < 4.78 is 0. The second kappa shape index (κ2) is 6.43. The minimum absolute atomic E-state index is 0.0396. The molecule has 5 heteroatoms. The second-order valence-corrected chi connectivity index (χ2v) is 5.36. The molecule has 0 bridgehead atoms. The summed E-state index contributed by atoms with van der Waals surface area (Å²) in [6.45, 7) is 2.34. The van der Waals surface area contributed by atoms with Crippen LogP contribution in [0, 0.1) is 5.92 Å². The van der Waals surface area contributed by atoms with Crippen molar-refractivity contribution in [2.45, 2.75) is 25.8 Å². The number of carbonyl (C=O) groups is 2. The largest absolute Gasteiger partial charge is 0.508 e. The van der Waals surface area contributed by atoms with E-state index in [2.05, 4.69) is 0 Å². The highest BCUT2D eigenvalue weighted by Crippen LogP contribution is 2.24. The molecule has 2 rings (SSSR count). The molecule has 0 spiro atoms. The van der Waals surface area contributed by atoms with Gasteiger partial charge in [-0.05, 0) is 42.5 Å². The molecule has 2 N–H and O–H groups in total. The van der Waals surface area contributed by atoms with Crippen LogP contribution in [0.3, 0.4) is 0 Å². The number of piperidine rings is 1. The van der Waals surface area contributed by atoms with Gasteiger partial charge in [-0.3, -0.25) is 4.79 Å². The number of likely N-dealkylation sites (tertiary alicyclic amines) is 1. The summed E-state index contributed by atoms with van der Waals surface area (Å²) >= 11 is 0. The van der Waals surface area contributed by atoms with E-state index >= 15 is 0 Å². The van der Waals surface area contributed by atoms with Gasteiger partial charge in [0.25, 0.3) is 0 Å². The van der Waals surface area contributed by atoms with Gasteiger partial charge in [-0.2, -0.15) is 0 Å². The maximum Gasteiger partial charge on any atom is 0.326 e. The molecule has 5 nitrogen and oxygen atoms in total. The van der Waals surface area contributed by atoms with Crippen LogP contribution in [-0.4, -0.2) is 39.6 Å². The summed E-state index contributed by atoms with van der Waals surface area (Å²) in [5.41, 5.74) is 0.776. The molecule has 0 radical (unpaired) electrons. The summed E-state index contributed by atoms with van der Waals surface area (Å²) in [5.74, 6) is -1.12. The van der Waals surface area contributed by atoms with Gasteiger partial charge in [-0.15, -0.1) is 0 Å². The maximum atomic E-state index is 12.2. The zero-order chi connectivity index (χ0) is 15.4. The SMILES string of the molecule is CC1CCCN(C(=O)/C=C/c2ccc(O)cc2)C1C(=O)O. The number of hydrogen-bond acceptors (Lipinski definition) is 3. The lowest BCUT2D eigenvalue weighted by Gasteiger charge is -2.36. The Bertz CT molecular complexity index is 550. The van der Waals surface area contributed by atoms with Gasteiger partial charge in [0.2, 0.25) is 5.91 Å². The van der Waals surface area contributed by atoms with Crippen molar-refractivity contribution in [1.29, 1.82) is 0 Å². The summed E-state index contributed by atoms with van der Waals surface area (Å²) in [5, 5.41) is 18.5. The van der Waals surface area contributed by atoms with Crippen LogP contribution in [0.25, 0.3) is 6.08 Å². The van der Waals surface area contributed by atoms with Crippen molar-refractivity contribution in [2.24, 2.45) is 5.92 Å². The van der Waals surface area contributed by atoms with Crippen molar-refractivity contribution < 1.29 is 19.8 Å². The topological polar surface area (TPSA) is 77.8 Å². The number of nitrogens with zero attached hydrogens (tertiary/aromatic N) is 1. The molecule has 1 fully saturated rings. The first-order valence-corrected chi connectivity index (χ1v) is 6.99. The molecular weight excluding hydrogens is 270 g/mol. The highest BCUT2D eigenvalue weighted by atomic mass is 16.4. The minimum atomic E-state index is -0.950. The van der Waals surface area contributed by atoms with Crippen LogP contribution < -0.4 is 0 Å². The first kappa shape index (κ1) is 15.1. The van der Waals surface area contributed by atoms with E-state index in [1.54, 1.807) is 18.2 Å². The van der Waals surface area contributed by atoms with E-state index in [-0.39, 0.29) is 17.6 Å². The molecule has 2 unspecified atom stereocenters. The number of phenols is 1. The third-order valence-corrected chi connectivity index (χ3v) is 3.78. The van der Waals surface area contributed by atoms with Gasteiger partial charge in [-0.25, -0.2) is 4.79 Å². The number of aromatic hydroxyl groups is 1. The molecule has 0 saturated carbocycles. The number of hydrogen-bond donors (Lipinski definition) is 2. The normalized spacial score (nSPS) is 22.4. The molecule has 21 heavy (non-hydrogen) atoms. The van der Waals surface area contributed by atoms with Gasteiger partial charge in [0.1, 0.15) is 11.8 Å². The van der Waals surface area contributed by atoms with Gasteiger partial charge in [0, 0.05) is 12.6 Å². The van der Waals surface area contributed by atoms with Crippen LogP contribution in [0.2, 0.25) is 0 Å². The Morgan fingerprint density at radius 2 is 1.95 bits per heavy atom. The van der Waals surface area contributed by atoms with Crippen LogP contribution >= 0.6 is 0 Å². The molecule has 1 aromatic carbocycles. The molecule has 1 saturated heterocycles. The lowest BCUT2D eigenvalue weighted by atomic mass is 9.90. The lowest BCUT2D eigenvalue weighted by molar-refractivity contribution is -0.152. The van der Waals surface area contributed by atoms with Gasteiger partial charge in [0.15, 0.2) is 0 Å². The van der Waals surface area contributed by atoms with Gasteiger partial charge in [-0.1, -0.05) is 19.1 Å². The average Bonchev–Trinajstić information content (AvgIpc) is 2.45. The molecule has 112 valence electrons. The predicted octanol–water partition coefficient (Wildman–Crippen LogP) is 2.12. The Balaban J connectivity index is 2.10. The van der Waals surface area contributed by atoms with E-state index in [0.717, 1.165) is 18.4 Å². The average molecular weight is 289 g/mol. The molecule has 0 aliphatic carbocycles. The molecule has 1 aliphatic rings. The summed E-state index contributed by atoms with van der Waals surface area (Å²) in [6, 6.07) is 5.69. The van der Waals surface area contributed by atoms with Crippen molar-refractivity contribution in [2.75, 3.05) is 6.54 Å². The summed E-state index contributed by atoms with van der Waals surface area (Å²) in [4.78, 5) is 25.0. The number of rotatable bonds is 3. The van der Waals surface area contributed by atoms with E-state index in [1.165, 1.54) is 23.1 Å². The van der Waals surface area contributed by atoms with Gasteiger partial charge in [0.05, 0.1) is 0 Å². The highest BCUT2D eigenvalue weighted by molar-refractivity contribution is 5.94. The zero-order valence-electron chi connectivity index (χ0n) is 11.9. The third kappa shape index (κ3) is 3.62. The Morgan fingerprint density at radius 3 is 2.57 bits per heavy atom. The molecule has 1 heterocycles. The molecule has 1 aliphatic heterocycles. The summed E-state index contributed by atoms with van der Waals surface area (Å²) in [7, 11) is 0. The van der Waals surface area contributed by atoms with Crippen molar-refractivity contribution in [3.63, 3.8) is 0 Å². The fourth-order valence-electron chi connectivity index (χ4n) is 2.66. The highest BCUT2D eigenvalue weighted by Gasteiger charge is 2.36. The Hall–Kier alpha value is -2.30. The van der Waals surface area contributed by atoms with Gasteiger partial charge < -0.3 is 15.1 Å². The first-order valence-electron chi connectivity index (χ1n) is 6.99. The smallest absolute Gasteiger partial charge is 0.326 e. The molecule has 1 amide bonds. The number of amides is 1. The van der Waals surface area contributed by atoms with Gasteiger partial charge >= 0.3 is 5.97 Å². The molecule has 1 aromatic rings. The Kier molecular flexibility index (Phi) is 4.62. The standard InChI is InChI=1S/C16H19NO4/c1-11-3-2-10-17(15(11)16(20)21)14(19)9-6-12-4-7-13(18)8-5-12/h4-9,11,15,18H,2-3,10H2,1H3,(H,20,21)/b9-6+. The zero-order valence-corrected chi connectivity index (χ0v) is 11.9. The van der Waals surface area contributed by atoms with Crippen molar-refractivity contribution >= 4 is 18.0 Å². The monoisotopic (exact) mass is 289 g/mol. The number of carboxylic acid groups (broad SMARTS) is 1. The Morgan fingerprint density at radius 1 is 1.29 bits per heavy atom. The van der Waals surface area contributed by atoms with E-state index < -0.39 is 12.0 Å². The lowest BCUT2D eigenvalue weighted by Crippen LogP contribution is -2.51. The van der Waals surface area contributed by atoms with Crippen LogP contribution in [0.5, 0.6) is 5.75 Å². The quantitative estimate of drug-likeness (QED) is 0.835. The predicted molar refractivity (Wildman–Crippen MR) is 78.7 cm³/mol. The van der Waals surface area contributed by atoms with Crippen LogP contribution in [0.4, 0.5) is 0 Å². The summed E-state index contributed by atoms with van der Waals surface area (Å²) in [6.07, 6.45) is 4.66. The van der Waals surface area contributed by atoms with Crippen molar-refractivity contribution in [3.8, 4) is 5.75 Å². The fourth-order valence-corrected chi connectivity index (χ4v) is 2.66. The van der Waals surface area contributed by atoms with Crippen LogP contribution in [0.1, 0.15) is 25.3 Å². The van der Waals surface area contributed by atoms with E-state index in [0.29, 0.717) is 6.54 Å². The number of benzene rings is 1. The van der Waals surface area contributed by atoms with E-state index in [1.807, 2.05) is 6.92 Å². The second-order valence-electron chi connectivity index (χ2n) is 5.36. The van der Waals surface area contributed by atoms with Crippen LogP contribution in [-0.2, 0) is 9.59 Å². The van der Waals surface area contributed by atoms with Crippen molar-refractivity contribution in [3.05, 3.63) is 35.9 Å². The molecular formula is C16H19NO4. The Labute approximate surface area is 123 Å². The number of carboxylic acids is 1. The van der Waals surface area contributed by atoms with E-state index in [4.69, 9.17) is 0 Å². The fraction of sp³-hybridized carbons (Fsp3) is 0.375. The molecule has 0 aromatic heterocycles. The first-order chi connectivity index (χ1) is 9.99. The number of phenolic OH excluding ortho intramolecular Hbond substituents is 1. The number of aliphatic carboxylic acids is 1. The van der Waals surface area contributed by atoms with Crippen LogP contribution in [0.15, 0.2) is 30.3 Å². The van der Waals surface area contributed by atoms with Crippen molar-refractivity contribution in [1.82, 2.24) is 4.90 Å². The third-order valence-electron chi connectivity index (χ3n) is 3.78. The minimum Gasteiger partial charge on any atom is -0.508 e. The molecule has 2 atom stereocenters.